The molecular weight excluding hydrogens is 1120 g/mol. The van der Waals surface area contributed by atoms with Crippen molar-refractivity contribution in [2.75, 3.05) is 38.6 Å². The van der Waals surface area contributed by atoms with Crippen molar-refractivity contribution in [3.05, 3.63) is 54.1 Å². The molecule has 0 unspecified atom stereocenters. The second-order valence-corrected chi connectivity index (χ2v) is 21.2. The summed E-state index contributed by atoms with van der Waals surface area (Å²) >= 11 is 4.06. The maximum atomic E-state index is 13.9. The Balaban J connectivity index is 1.71. The van der Waals surface area contributed by atoms with Crippen LogP contribution in [0, 0.1) is 11.8 Å². The molecule has 466 valence electrons. The molecule has 1 aromatic carbocycles. The number of hydrogen-bond donors (Lipinski definition) is 17. The van der Waals surface area contributed by atoms with Crippen molar-refractivity contribution in [2.45, 2.75) is 152 Å². The summed E-state index contributed by atoms with van der Waals surface area (Å²) in [5.41, 5.74) is 17.8. The number of nitrogens with one attached hydrogen (secondary N) is 10. The van der Waals surface area contributed by atoms with Gasteiger partial charge in [0.25, 0.3) is 0 Å². The topological polar surface area (TPSA) is 484 Å². The quantitative estimate of drug-likeness (QED) is 0.0222. The van der Waals surface area contributed by atoms with E-state index in [-0.39, 0.29) is 56.0 Å². The van der Waals surface area contributed by atoms with Crippen LogP contribution in [0.25, 0.3) is 0 Å². The molecule has 31 heteroatoms. The van der Waals surface area contributed by atoms with Crippen LogP contribution in [0.15, 0.2) is 42.9 Å². The van der Waals surface area contributed by atoms with Crippen LogP contribution in [-0.4, -0.2) is 200 Å². The lowest BCUT2D eigenvalue weighted by molar-refractivity contribution is -0.142. The van der Waals surface area contributed by atoms with Crippen LogP contribution < -0.4 is 65.1 Å². The number of benzene rings is 1. The van der Waals surface area contributed by atoms with Crippen molar-refractivity contribution in [1.82, 2.24) is 62.7 Å². The molecule has 2 aromatic rings. The lowest BCUT2D eigenvalue weighted by atomic mass is 9.97. The minimum Gasteiger partial charge on any atom is -0.480 e. The van der Waals surface area contributed by atoms with E-state index in [9.17, 15) is 72.9 Å². The Labute approximate surface area is 491 Å². The number of aromatic amines is 1. The van der Waals surface area contributed by atoms with Gasteiger partial charge in [0, 0.05) is 37.0 Å². The first-order chi connectivity index (χ1) is 39.9. The van der Waals surface area contributed by atoms with Gasteiger partial charge in [-0.3, -0.25) is 52.7 Å². The van der Waals surface area contributed by atoms with Crippen molar-refractivity contribution in [3.63, 3.8) is 0 Å². The molecule has 0 radical (unpaired) electrons. The minimum atomic E-state index is -1.84. The molecule has 11 amide bonds. The van der Waals surface area contributed by atoms with E-state index in [0.717, 1.165) is 0 Å². The number of H-pyrrole nitrogens is 1. The summed E-state index contributed by atoms with van der Waals surface area (Å²) in [5.74, 6) is -12.3. The summed E-state index contributed by atoms with van der Waals surface area (Å²) in [5, 5.41) is 52.1. The van der Waals surface area contributed by atoms with Crippen LogP contribution in [-0.2, 0) is 70.4 Å². The number of nitrogens with two attached hydrogens (primary N) is 3. The Morgan fingerprint density at radius 1 is 0.726 bits per heavy atom. The summed E-state index contributed by atoms with van der Waals surface area (Å²) in [6, 6.07) is -5.54. The maximum Gasteiger partial charge on any atom is 0.326 e. The number of unbranched alkanes of at least 4 members (excludes halogenated alkanes) is 1. The van der Waals surface area contributed by atoms with Crippen molar-refractivity contribution < 1.29 is 72.9 Å². The number of rotatable bonds is 37. The lowest BCUT2D eigenvalue weighted by Crippen LogP contribution is -2.61. The van der Waals surface area contributed by atoms with Crippen LogP contribution in [0.3, 0.4) is 0 Å². The molecular formula is C53H83N15O15S. The van der Waals surface area contributed by atoms with E-state index in [1.165, 1.54) is 17.4 Å². The highest BCUT2D eigenvalue weighted by atomic mass is 32.1. The van der Waals surface area contributed by atoms with Crippen molar-refractivity contribution in [3.8, 4) is 0 Å². The number of carboxylic acid groups (broad SMARTS) is 1. The number of carbonyl (C=O) groups is 12. The zero-order chi connectivity index (χ0) is 62.6. The number of imidazole rings is 1. The number of carbonyl (C=O) groups excluding carboxylic acids is 11. The molecule has 0 spiro atoms. The highest BCUT2D eigenvalue weighted by molar-refractivity contribution is 7.80. The Kier molecular flexibility index (Phi) is 30.3. The molecule has 0 bridgehead atoms. The number of aliphatic hydroxyl groups is 2. The fourth-order valence-corrected chi connectivity index (χ4v) is 9.00. The molecule has 1 aliphatic rings. The number of thiol groups is 1. The maximum absolute atomic E-state index is 13.9. The van der Waals surface area contributed by atoms with Gasteiger partial charge in [0.2, 0.25) is 65.0 Å². The highest BCUT2D eigenvalue weighted by Crippen LogP contribution is 2.21. The SMILES string of the molecule is CC[C@H](C)[C@H](NC(=O)[C@@H]1CCCN1C(=O)[C@H](CCCCN)NC(=O)[C@@H](N)CS)C(=O)N[C@@H](CO)C(=O)NCC(=O)N[C@@H](Cc1cnc[nH]1)C(=O)N[C@@H](CC(N)=O)C(=O)N[C@@H](CO)C(=O)N[C@@H](CC(C)C)C(=O)N[C@@H](Cc1ccccc1)C(=O)O. The largest absolute Gasteiger partial charge is 0.480 e. The summed E-state index contributed by atoms with van der Waals surface area (Å²) in [6.07, 6.45) is 3.58. The van der Waals surface area contributed by atoms with E-state index in [1.54, 1.807) is 58.0 Å². The molecule has 1 saturated heterocycles. The zero-order valence-corrected chi connectivity index (χ0v) is 48.5. The first kappa shape index (κ1) is 70.5. The van der Waals surface area contributed by atoms with Gasteiger partial charge in [-0.2, -0.15) is 12.6 Å². The van der Waals surface area contributed by atoms with E-state index in [0.29, 0.717) is 37.8 Å². The lowest BCUT2D eigenvalue weighted by Gasteiger charge is -2.31. The molecule has 0 saturated carbocycles. The van der Waals surface area contributed by atoms with Crippen molar-refractivity contribution in [2.24, 2.45) is 29.0 Å². The first-order valence-electron chi connectivity index (χ1n) is 27.7. The van der Waals surface area contributed by atoms with E-state index >= 15 is 0 Å². The molecule has 11 atom stereocenters. The molecule has 1 aliphatic heterocycles. The first-order valence-corrected chi connectivity index (χ1v) is 28.3. The molecule has 3 rings (SSSR count). The summed E-state index contributed by atoms with van der Waals surface area (Å²) in [4.78, 5) is 168. The number of aliphatic carboxylic acids is 1. The van der Waals surface area contributed by atoms with Crippen LogP contribution in [0.2, 0.25) is 0 Å². The van der Waals surface area contributed by atoms with Crippen molar-refractivity contribution >= 4 is 83.6 Å². The van der Waals surface area contributed by atoms with Gasteiger partial charge in [0.15, 0.2) is 0 Å². The molecule has 1 aromatic heterocycles. The van der Waals surface area contributed by atoms with Crippen LogP contribution in [0.1, 0.15) is 90.3 Å². The number of carboxylic acids is 1. The van der Waals surface area contributed by atoms with Gasteiger partial charge < -0.3 is 90.3 Å². The van der Waals surface area contributed by atoms with E-state index in [4.69, 9.17) is 17.2 Å². The van der Waals surface area contributed by atoms with Gasteiger partial charge in [-0.15, -0.1) is 0 Å². The number of amides is 11. The highest BCUT2D eigenvalue weighted by Gasteiger charge is 2.41. The van der Waals surface area contributed by atoms with E-state index < -0.39 is 163 Å². The molecule has 30 nitrogen and oxygen atoms in total. The molecule has 19 N–H and O–H groups in total. The molecule has 0 aliphatic carbocycles. The fourth-order valence-electron chi connectivity index (χ4n) is 8.83. The van der Waals surface area contributed by atoms with Gasteiger partial charge in [-0.05, 0) is 62.5 Å². The number of aromatic nitrogens is 2. The average molecular weight is 1200 g/mol. The third kappa shape index (κ3) is 23.1. The fraction of sp³-hybridized carbons (Fsp3) is 0.604. The standard InChI is InChI=1S/C53H83N15O15S/c1-5-29(4)43(67-50(79)40-15-11-17-68(40)52(81)33(14-9-10-16-54)61-44(73)32(55)26-84)51(80)66-38(24-69)45(74)58-23-42(72)60-35(20-31-22-57-27-59-31)47(76)63-36(21-41(56)71)48(77)65-39(25-70)49(78)62-34(18-28(2)3)46(75)64-37(53(82)83)19-30-12-7-6-8-13-30/h6-8,12-13,22,27-29,32-40,43,69-70,84H,5,9-11,14-21,23-26,54-55H2,1-4H3,(H2,56,71)(H,57,59)(H,58,74)(H,60,72)(H,61,73)(H,62,78)(H,63,76)(H,64,75)(H,65,77)(H,66,80)(H,67,79)(H,82,83)/t29-,32-,33-,34-,35-,36-,37-,38-,39-,40-,43-/m0/s1. The zero-order valence-electron chi connectivity index (χ0n) is 47.6. The van der Waals surface area contributed by atoms with E-state index in [2.05, 4.69) is 70.4 Å². The smallest absolute Gasteiger partial charge is 0.326 e. The summed E-state index contributed by atoms with van der Waals surface area (Å²) in [7, 11) is 0. The van der Waals surface area contributed by atoms with Crippen LogP contribution >= 0.6 is 12.6 Å². The number of nitrogens with zero attached hydrogens (tertiary/aromatic N) is 2. The minimum absolute atomic E-state index is 0.00288. The van der Waals surface area contributed by atoms with Gasteiger partial charge in [-0.25, -0.2) is 9.78 Å². The van der Waals surface area contributed by atoms with Crippen molar-refractivity contribution in [1.29, 1.82) is 0 Å². The monoisotopic (exact) mass is 1200 g/mol. The Bertz CT molecular complexity index is 2550. The third-order valence-corrected chi connectivity index (χ3v) is 14.1. The molecule has 84 heavy (non-hydrogen) atoms. The van der Waals surface area contributed by atoms with E-state index in [1.807, 2.05) is 0 Å². The Hall–Kier alpha value is -7.74. The summed E-state index contributed by atoms with van der Waals surface area (Å²) in [6.45, 7) is 4.48. The number of primary amides is 1. The second-order valence-electron chi connectivity index (χ2n) is 20.8. The average Bonchev–Trinajstić information content (AvgIpc) is 4.37. The third-order valence-electron chi connectivity index (χ3n) is 13.7. The molecule has 1 fully saturated rings. The number of hydrogen-bond acceptors (Lipinski definition) is 18. The number of likely N-dealkylation sites (tertiary alicyclic amines) is 1. The van der Waals surface area contributed by atoms with Gasteiger partial charge in [-0.1, -0.05) is 64.4 Å². The normalized spacial score (nSPS) is 16.5. The van der Waals surface area contributed by atoms with Gasteiger partial charge >= 0.3 is 5.97 Å². The van der Waals surface area contributed by atoms with Gasteiger partial charge in [0.1, 0.15) is 54.4 Å². The van der Waals surface area contributed by atoms with Crippen LogP contribution in [0.5, 0.6) is 0 Å². The molecule has 2 heterocycles. The van der Waals surface area contributed by atoms with Gasteiger partial charge in [0.05, 0.1) is 38.5 Å². The summed E-state index contributed by atoms with van der Waals surface area (Å²) < 4.78 is 0. The Morgan fingerprint density at radius 3 is 1.89 bits per heavy atom. The predicted octanol–water partition coefficient (Wildman–Crippen LogP) is -5.40. The second kappa shape index (κ2) is 36.1. The number of aliphatic hydroxyl groups excluding tert-OH is 2. The Morgan fingerprint density at radius 2 is 1.31 bits per heavy atom. The predicted molar refractivity (Wildman–Crippen MR) is 305 cm³/mol. The van der Waals surface area contributed by atoms with Crippen LogP contribution in [0.4, 0.5) is 0 Å².